The van der Waals surface area contributed by atoms with Crippen LogP contribution in [0.2, 0.25) is 10.0 Å². The SMILES string of the molecule is Cc1nc(NCCC(N)C(=O)O)c(NCc2ccc(-c3cc(Cl)ccc3Cl)o2)c(Nc2ccccc2C(=O)O)n1. The van der Waals surface area contributed by atoms with E-state index in [1.165, 1.54) is 6.07 Å². The summed E-state index contributed by atoms with van der Waals surface area (Å²) >= 11 is 12.4. The van der Waals surface area contributed by atoms with Gasteiger partial charge in [-0.1, -0.05) is 35.3 Å². The zero-order chi connectivity index (χ0) is 28.8. The van der Waals surface area contributed by atoms with Crippen molar-refractivity contribution >= 4 is 58.2 Å². The minimum atomic E-state index is -1.11. The van der Waals surface area contributed by atoms with E-state index in [0.29, 0.717) is 56.0 Å². The van der Waals surface area contributed by atoms with Crippen LogP contribution in [-0.4, -0.2) is 44.7 Å². The molecule has 1 unspecified atom stereocenters. The van der Waals surface area contributed by atoms with Crippen LogP contribution in [0.15, 0.2) is 59.0 Å². The van der Waals surface area contributed by atoms with Gasteiger partial charge in [0.2, 0.25) is 0 Å². The summed E-state index contributed by atoms with van der Waals surface area (Å²) in [4.78, 5) is 31.9. The number of nitrogens with two attached hydrogens (primary N) is 1. The number of halogens is 2. The summed E-state index contributed by atoms with van der Waals surface area (Å²) in [6, 6.07) is 14.0. The van der Waals surface area contributed by atoms with Crippen molar-refractivity contribution in [2.24, 2.45) is 5.73 Å². The summed E-state index contributed by atoms with van der Waals surface area (Å²) in [5.41, 5.74) is 7.08. The number of furan rings is 1. The molecule has 11 nitrogen and oxygen atoms in total. The van der Waals surface area contributed by atoms with Crippen LogP contribution in [0.3, 0.4) is 0 Å². The number of carbonyl (C=O) groups is 2. The predicted molar refractivity (Wildman–Crippen MR) is 154 cm³/mol. The summed E-state index contributed by atoms with van der Waals surface area (Å²) < 4.78 is 5.99. The summed E-state index contributed by atoms with van der Waals surface area (Å²) in [7, 11) is 0. The second-order valence-electron chi connectivity index (χ2n) is 8.72. The zero-order valence-corrected chi connectivity index (χ0v) is 22.8. The molecule has 13 heteroatoms. The fraction of sp³-hybridized carbons (Fsp3) is 0.185. The molecule has 0 saturated heterocycles. The van der Waals surface area contributed by atoms with Crippen molar-refractivity contribution in [1.82, 2.24) is 9.97 Å². The van der Waals surface area contributed by atoms with Gasteiger partial charge in [0.1, 0.15) is 29.1 Å². The molecule has 40 heavy (non-hydrogen) atoms. The standard InChI is InChI=1S/C27H26Cl2N6O5/c1-14-33-24(31-11-10-20(30)27(38)39)23(25(34-14)35-21-5-3-2-4-17(21)26(36)37)32-13-16-7-9-22(40-16)18-12-15(28)6-8-19(18)29/h2-9,12,20,32H,10-11,13,30H2,1H3,(H,36,37)(H,38,39)(H2,31,33,34,35). The first-order valence-electron chi connectivity index (χ1n) is 12.1. The van der Waals surface area contributed by atoms with Crippen molar-refractivity contribution in [3.8, 4) is 11.3 Å². The number of carboxylic acid groups (broad SMARTS) is 2. The molecule has 0 amide bonds. The molecule has 4 rings (SSSR count). The van der Waals surface area contributed by atoms with Crippen LogP contribution < -0.4 is 21.7 Å². The van der Waals surface area contributed by atoms with Gasteiger partial charge in [0, 0.05) is 17.1 Å². The lowest BCUT2D eigenvalue weighted by Gasteiger charge is -2.19. The second-order valence-corrected chi connectivity index (χ2v) is 9.57. The van der Waals surface area contributed by atoms with Gasteiger partial charge in [-0.25, -0.2) is 14.8 Å². The molecule has 208 valence electrons. The lowest BCUT2D eigenvalue weighted by atomic mass is 10.2. The van der Waals surface area contributed by atoms with Crippen molar-refractivity contribution in [1.29, 1.82) is 0 Å². The van der Waals surface area contributed by atoms with Crippen LogP contribution in [0.5, 0.6) is 0 Å². The Morgan fingerprint density at radius 2 is 1.77 bits per heavy atom. The molecule has 0 fully saturated rings. The highest BCUT2D eigenvalue weighted by Crippen LogP contribution is 2.34. The third-order valence-corrected chi connectivity index (χ3v) is 6.36. The Bertz CT molecular complexity index is 1540. The maximum Gasteiger partial charge on any atom is 0.337 e. The zero-order valence-electron chi connectivity index (χ0n) is 21.2. The topological polar surface area (TPSA) is 176 Å². The van der Waals surface area contributed by atoms with Crippen molar-refractivity contribution in [3.63, 3.8) is 0 Å². The molecular formula is C27H26Cl2N6O5. The van der Waals surface area contributed by atoms with Crippen LogP contribution >= 0.6 is 23.2 Å². The third kappa shape index (κ3) is 7.00. The number of benzene rings is 2. The number of aryl methyl sites for hydroxylation is 1. The van der Waals surface area contributed by atoms with E-state index in [1.54, 1.807) is 55.5 Å². The summed E-state index contributed by atoms with van der Waals surface area (Å²) in [5, 5.41) is 29.2. The van der Waals surface area contributed by atoms with Gasteiger partial charge in [-0.2, -0.15) is 0 Å². The van der Waals surface area contributed by atoms with Crippen molar-refractivity contribution < 1.29 is 24.2 Å². The van der Waals surface area contributed by atoms with Crippen molar-refractivity contribution in [2.75, 3.05) is 22.5 Å². The Labute approximate surface area is 239 Å². The van der Waals surface area contributed by atoms with E-state index in [9.17, 15) is 14.7 Å². The lowest BCUT2D eigenvalue weighted by Crippen LogP contribution is -2.32. The van der Waals surface area contributed by atoms with E-state index in [1.807, 2.05) is 0 Å². The number of aliphatic carboxylic acids is 1. The van der Waals surface area contributed by atoms with Crippen LogP contribution in [0.4, 0.5) is 23.0 Å². The highest BCUT2D eigenvalue weighted by molar-refractivity contribution is 6.35. The number of anilines is 4. The van der Waals surface area contributed by atoms with Gasteiger partial charge in [0.05, 0.1) is 22.8 Å². The maximum atomic E-state index is 11.8. The fourth-order valence-electron chi connectivity index (χ4n) is 3.81. The molecule has 0 aliphatic carbocycles. The molecule has 1 atom stereocenters. The largest absolute Gasteiger partial charge is 0.480 e. The maximum absolute atomic E-state index is 11.8. The van der Waals surface area contributed by atoms with Crippen LogP contribution in [0.25, 0.3) is 11.3 Å². The average Bonchev–Trinajstić information content (AvgIpc) is 3.38. The molecule has 0 aliphatic heterocycles. The number of carboxylic acids is 2. The molecule has 0 aliphatic rings. The van der Waals surface area contributed by atoms with Gasteiger partial charge in [0.25, 0.3) is 0 Å². The predicted octanol–water partition coefficient (Wildman–Crippen LogP) is 5.62. The highest BCUT2D eigenvalue weighted by atomic mass is 35.5. The first kappa shape index (κ1) is 28.7. The first-order valence-corrected chi connectivity index (χ1v) is 12.9. The Balaban J connectivity index is 1.64. The van der Waals surface area contributed by atoms with Crippen molar-refractivity contribution in [3.05, 3.63) is 81.8 Å². The van der Waals surface area contributed by atoms with Gasteiger partial charge >= 0.3 is 11.9 Å². The van der Waals surface area contributed by atoms with Crippen LogP contribution in [0.1, 0.15) is 28.4 Å². The average molecular weight is 585 g/mol. The highest BCUT2D eigenvalue weighted by Gasteiger charge is 2.19. The Kier molecular flexibility index (Phi) is 9.10. The van der Waals surface area contributed by atoms with E-state index in [-0.39, 0.29) is 25.1 Å². The molecule has 4 aromatic rings. The number of hydrogen-bond donors (Lipinski definition) is 6. The molecule has 2 aromatic carbocycles. The fourth-order valence-corrected chi connectivity index (χ4v) is 4.20. The Morgan fingerprint density at radius 1 is 1.02 bits per heavy atom. The quantitative estimate of drug-likeness (QED) is 0.122. The minimum Gasteiger partial charge on any atom is -0.480 e. The molecule has 0 bridgehead atoms. The summed E-state index contributed by atoms with van der Waals surface area (Å²) in [6.45, 7) is 2.09. The van der Waals surface area contributed by atoms with Gasteiger partial charge in [-0.3, -0.25) is 4.79 Å². The number of hydrogen-bond acceptors (Lipinski definition) is 9. The molecule has 2 aromatic heterocycles. The van der Waals surface area contributed by atoms with Crippen molar-refractivity contribution in [2.45, 2.75) is 25.9 Å². The van der Waals surface area contributed by atoms with Gasteiger partial charge in [-0.05, 0) is 55.8 Å². The normalized spacial score (nSPS) is 11.6. The number of para-hydroxylation sites is 1. The van der Waals surface area contributed by atoms with Gasteiger partial charge < -0.3 is 36.3 Å². The molecular weight excluding hydrogens is 559 g/mol. The molecule has 0 radical (unpaired) electrons. The summed E-state index contributed by atoms with van der Waals surface area (Å²) in [5.74, 6) is -0.0726. The first-order chi connectivity index (χ1) is 19.1. The smallest absolute Gasteiger partial charge is 0.337 e. The lowest BCUT2D eigenvalue weighted by molar-refractivity contribution is -0.138. The van der Waals surface area contributed by atoms with E-state index in [4.69, 9.17) is 38.5 Å². The van der Waals surface area contributed by atoms with E-state index in [2.05, 4.69) is 25.9 Å². The number of aromatic carboxylic acids is 1. The number of nitrogens with zero attached hydrogens (tertiary/aromatic N) is 2. The minimum absolute atomic E-state index is 0.0562. The molecule has 0 saturated carbocycles. The summed E-state index contributed by atoms with van der Waals surface area (Å²) in [6.07, 6.45) is 0.143. The number of nitrogens with one attached hydrogen (secondary N) is 3. The third-order valence-electron chi connectivity index (χ3n) is 5.79. The Morgan fingerprint density at radius 3 is 2.52 bits per heavy atom. The van der Waals surface area contributed by atoms with Crippen LogP contribution in [0, 0.1) is 6.92 Å². The Hall–Kier alpha value is -4.32. The molecule has 2 heterocycles. The second kappa shape index (κ2) is 12.7. The van der Waals surface area contributed by atoms with Crippen LogP contribution in [-0.2, 0) is 11.3 Å². The number of aromatic nitrogens is 2. The van der Waals surface area contributed by atoms with E-state index < -0.39 is 18.0 Å². The molecule has 7 N–H and O–H groups in total. The van der Waals surface area contributed by atoms with Gasteiger partial charge in [-0.15, -0.1) is 0 Å². The van der Waals surface area contributed by atoms with Gasteiger partial charge in [0.15, 0.2) is 11.6 Å². The van der Waals surface area contributed by atoms with E-state index >= 15 is 0 Å². The number of rotatable bonds is 12. The monoisotopic (exact) mass is 584 g/mol. The molecule has 0 spiro atoms. The van der Waals surface area contributed by atoms with E-state index in [0.717, 1.165) is 0 Å².